The molecule has 0 amide bonds. The van der Waals surface area contributed by atoms with Gasteiger partial charge in [0.05, 0.1) is 16.1 Å². The Hall–Kier alpha value is -1.62. The Morgan fingerprint density at radius 2 is 1.86 bits per heavy atom. The fourth-order valence-electron chi connectivity index (χ4n) is 2.67. The van der Waals surface area contributed by atoms with Crippen LogP contribution in [0.3, 0.4) is 0 Å². The zero-order valence-corrected chi connectivity index (χ0v) is 16.9. The number of nitrogens with two attached hydrogens (primary N) is 1. The number of carbonyl (C=O) groups is 1. The van der Waals surface area contributed by atoms with Gasteiger partial charge in [0.1, 0.15) is 5.82 Å². The molecule has 0 unspecified atom stereocenters. The van der Waals surface area contributed by atoms with Crippen LogP contribution in [0.15, 0.2) is 28.7 Å². The molecular weight excluding hydrogens is 467 g/mol. The molecule has 4 N–H and O–H groups in total. The number of aliphatic hydroxyl groups is 1. The van der Waals surface area contributed by atoms with Crippen molar-refractivity contribution in [2.24, 2.45) is 5.73 Å². The number of hydrogen-bond acceptors (Lipinski definition) is 5. The molecule has 2 aromatic rings. The van der Waals surface area contributed by atoms with Crippen LogP contribution in [0, 0.1) is 0 Å². The lowest BCUT2D eigenvalue weighted by atomic mass is 9.92. The van der Waals surface area contributed by atoms with E-state index in [1.165, 1.54) is 0 Å². The van der Waals surface area contributed by atoms with Gasteiger partial charge in [0.15, 0.2) is 0 Å². The molecule has 1 saturated heterocycles. The van der Waals surface area contributed by atoms with Crippen LogP contribution >= 0.6 is 27.5 Å². The van der Waals surface area contributed by atoms with Crippen molar-refractivity contribution in [1.82, 2.24) is 4.98 Å². The second kappa shape index (κ2) is 8.81. The van der Waals surface area contributed by atoms with E-state index in [1.54, 1.807) is 0 Å². The zero-order chi connectivity index (χ0) is 21.1. The second-order valence-electron chi connectivity index (χ2n) is 6.31. The van der Waals surface area contributed by atoms with Crippen molar-refractivity contribution < 1.29 is 28.2 Å². The summed E-state index contributed by atoms with van der Waals surface area (Å²) in [7, 11) is 0. The quantitative estimate of drug-likeness (QED) is 0.603. The zero-order valence-electron chi connectivity index (χ0n) is 14.5. The van der Waals surface area contributed by atoms with Crippen molar-refractivity contribution >= 4 is 50.2 Å². The maximum atomic E-state index is 10.6. The van der Waals surface area contributed by atoms with E-state index in [0.29, 0.717) is 24.4 Å². The maximum Gasteiger partial charge on any atom is 0.490 e. The van der Waals surface area contributed by atoms with Gasteiger partial charge in [-0.25, -0.2) is 9.78 Å². The molecule has 2 heterocycles. The first-order valence-corrected chi connectivity index (χ1v) is 9.36. The molecule has 0 spiro atoms. The van der Waals surface area contributed by atoms with Crippen LogP contribution in [0.2, 0.25) is 5.02 Å². The molecule has 1 aliphatic rings. The van der Waals surface area contributed by atoms with Gasteiger partial charge < -0.3 is 20.8 Å². The Kier molecular flexibility index (Phi) is 7.13. The highest BCUT2D eigenvalue weighted by molar-refractivity contribution is 9.10. The van der Waals surface area contributed by atoms with E-state index in [4.69, 9.17) is 32.2 Å². The van der Waals surface area contributed by atoms with Crippen LogP contribution in [-0.4, -0.2) is 52.6 Å². The van der Waals surface area contributed by atoms with Gasteiger partial charge in [-0.15, -0.1) is 0 Å². The van der Waals surface area contributed by atoms with Crippen LogP contribution in [0.4, 0.5) is 19.0 Å². The third-order valence-electron chi connectivity index (χ3n) is 4.38. The lowest BCUT2D eigenvalue weighted by molar-refractivity contribution is -0.192. The summed E-state index contributed by atoms with van der Waals surface area (Å²) >= 11 is 9.72. The van der Waals surface area contributed by atoms with E-state index in [9.17, 15) is 18.3 Å². The molecule has 28 heavy (non-hydrogen) atoms. The van der Waals surface area contributed by atoms with E-state index in [0.717, 1.165) is 34.3 Å². The van der Waals surface area contributed by atoms with Crippen molar-refractivity contribution in [3.8, 4) is 0 Å². The van der Waals surface area contributed by atoms with Crippen LogP contribution in [0.25, 0.3) is 10.9 Å². The van der Waals surface area contributed by atoms with Gasteiger partial charge in [0.2, 0.25) is 0 Å². The van der Waals surface area contributed by atoms with Crippen molar-refractivity contribution in [1.29, 1.82) is 0 Å². The van der Waals surface area contributed by atoms with Crippen molar-refractivity contribution in [2.75, 3.05) is 24.5 Å². The number of benzene rings is 1. The summed E-state index contributed by atoms with van der Waals surface area (Å²) in [6.07, 6.45) is -3.75. The smallest absolute Gasteiger partial charge is 0.475 e. The Bertz CT molecular complexity index is 859. The number of aliphatic carboxylic acids is 1. The predicted octanol–water partition coefficient (Wildman–Crippen LogP) is 3.57. The van der Waals surface area contributed by atoms with Crippen LogP contribution in [-0.2, 0) is 4.79 Å². The van der Waals surface area contributed by atoms with E-state index < -0.39 is 17.7 Å². The van der Waals surface area contributed by atoms with Gasteiger partial charge in [-0.05, 0) is 53.0 Å². The van der Waals surface area contributed by atoms with Crippen molar-refractivity contribution in [3.63, 3.8) is 0 Å². The Labute approximate surface area is 172 Å². The highest BCUT2D eigenvalue weighted by atomic mass is 79.9. The summed E-state index contributed by atoms with van der Waals surface area (Å²) in [5.74, 6) is -1.85. The molecule has 1 fully saturated rings. The molecular formula is C17H18BrClF3N3O3. The highest BCUT2D eigenvalue weighted by Gasteiger charge is 2.38. The standard InChI is InChI=1S/C15H17BrClN3O.C2HF3O2/c16-11-2-3-12(17)10-1-4-13(19-14(10)11)20-7-5-15(21,9-18)6-8-20;3-2(4,5)1(6)7/h1-4,21H,5-9,18H2;(H,6,7). The largest absolute Gasteiger partial charge is 0.490 e. The first-order chi connectivity index (χ1) is 13.0. The molecule has 0 radical (unpaired) electrons. The van der Waals surface area contributed by atoms with Gasteiger partial charge in [0.25, 0.3) is 0 Å². The number of alkyl halides is 3. The summed E-state index contributed by atoms with van der Waals surface area (Å²) in [6, 6.07) is 7.74. The van der Waals surface area contributed by atoms with E-state index >= 15 is 0 Å². The molecule has 154 valence electrons. The molecule has 6 nitrogen and oxygen atoms in total. The number of carboxylic acid groups (broad SMARTS) is 1. The minimum Gasteiger partial charge on any atom is -0.475 e. The fraction of sp³-hybridized carbons (Fsp3) is 0.412. The summed E-state index contributed by atoms with van der Waals surface area (Å²) in [5, 5.41) is 19.0. The summed E-state index contributed by atoms with van der Waals surface area (Å²) in [6.45, 7) is 1.82. The number of anilines is 1. The van der Waals surface area contributed by atoms with Gasteiger partial charge in [-0.3, -0.25) is 0 Å². The minimum atomic E-state index is -5.08. The summed E-state index contributed by atoms with van der Waals surface area (Å²) in [4.78, 5) is 15.8. The lowest BCUT2D eigenvalue weighted by Crippen LogP contribution is -2.48. The average molecular weight is 485 g/mol. The predicted molar refractivity (Wildman–Crippen MR) is 104 cm³/mol. The van der Waals surface area contributed by atoms with Crippen LogP contribution in [0.5, 0.6) is 0 Å². The molecule has 1 aromatic heterocycles. The molecule has 0 atom stereocenters. The van der Waals surface area contributed by atoms with Gasteiger partial charge >= 0.3 is 12.1 Å². The van der Waals surface area contributed by atoms with E-state index in [-0.39, 0.29) is 0 Å². The number of rotatable bonds is 2. The lowest BCUT2D eigenvalue weighted by Gasteiger charge is -2.38. The summed E-state index contributed by atoms with van der Waals surface area (Å²) < 4.78 is 32.7. The SMILES string of the molecule is NCC1(O)CCN(c2ccc3c(Cl)ccc(Br)c3n2)CC1.O=C(O)C(F)(F)F. The molecule has 1 aliphatic heterocycles. The molecule has 1 aromatic carbocycles. The second-order valence-corrected chi connectivity index (χ2v) is 7.57. The highest BCUT2D eigenvalue weighted by Crippen LogP contribution is 2.32. The van der Waals surface area contributed by atoms with Crippen molar-refractivity contribution in [2.45, 2.75) is 24.6 Å². The fourth-order valence-corrected chi connectivity index (χ4v) is 3.32. The molecule has 11 heteroatoms. The van der Waals surface area contributed by atoms with Crippen LogP contribution < -0.4 is 10.6 Å². The first-order valence-electron chi connectivity index (χ1n) is 8.19. The number of halogens is 5. The third-order valence-corrected chi connectivity index (χ3v) is 5.35. The number of carboxylic acids is 1. The number of nitrogens with zero attached hydrogens (tertiary/aromatic N) is 2. The average Bonchev–Trinajstić information content (AvgIpc) is 2.65. The number of aromatic nitrogens is 1. The van der Waals surface area contributed by atoms with Crippen LogP contribution in [0.1, 0.15) is 12.8 Å². The Balaban J connectivity index is 0.000000345. The first kappa shape index (κ1) is 22.7. The molecule has 0 aliphatic carbocycles. The normalized spacial score (nSPS) is 16.5. The molecule has 3 rings (SSSR count). The maximum absolute atomic E-state index is 10.6. The molecule has 0 saturated carbocycles. The van der Waals surface area contributed by atoms with Gasteiger partial charge in [-0.2, -0.15) is 13.2 Å². The van der Waals surface area contributed by atoms with Crippen molar-refractivity contribution in [3.05, 3.63) is 33.8 Å². The third kappa shape index (κ3) is 5.47. The van der Waals surface area contributed by atoms with E-state index in [2.05, 4.69) is 20.8 Å². The Morgan fingerprint density at radius 1 is 1.29 bits per heavy atom. The monoisotopic (exact) mass is 483 g/mol. The number of hydrogen-bond donors (Lipinski definition) is 3. The topological polar surface area (TPSA) is 99.7 Å². The molecule has 0 bridgehead atoms. The number of fused-ring (bicyclic) bond motifs is 1. The van der Waals surface area contributed by atoms with Gasteiger partial charge in [-0.1, -0.05) is 11.6 Å². The Morgan fingerprint density at radius 3 is 2.36 bits per heavy atom. The number of pyridine rings is 1. The summed E-state index contributed by atoms with van der Waals surface area (Å²) in [5.41, 5.74) is 5.76. The minimum absolute atomic E-state index is 0.313. The van der Waals surface area contributed by atoms with Gasteiger partial charge in [0, 0.05) is 29.5 Å². The van der Waals surface area contributed by atoms with E-state index in [1.807, 2.05) is 24.3 Å². The number of piperidine rings is 1.